The van der Waals surface area contributed by atoms with Crippen molar-refractivity contribution in [2.24, 2.45) is 5.92 Å². The van der Waals surface area contributed by atoms with Gasteiger partial charge < -0.3 is 20.1 Å². The summed E-state index contributed by atoms with van der Waals surface area (Å²) in [6.07, 6.45) is 0.183. The van der Waals surface area contributed by atoms with Crippen LogP contribution in [-0.2, 0) is 19.1 Å². The van der Waals surface area contributed by atoms with Gasteiger partial charge >= 0.3 is 0 Å². The minimum Gasteiger partial charge on any atom is -0.383 e. The average Bonchev–Trinajstić information content (AvgIpc) is 2.29. The first-order valence-electron chi connectivity index (χ1n) is 5.64. The zero-order valence-electron chi connectivity index (χ0n) is 10.7. The molecular formula is C11H22N2O4. The van der Waals surface area contributed by atoms with E-state index in [1.54, 1.807) is 21.1 Å². The Morgan fingerprint density at radius 1 is 1.06 bits per heavy atom. The smallest absolute Gasteiger partial charge is 0.223 e. The van der Waals surface area contributed by atoms with Gasteiger partial charge in [-0.15, -0.1) is 0 Å². The van der Waals surface area contributed by atoms with Gasteiger partial charge in [-0.05, 0) is 0 Å². The summed E-state index contributed by atoms with van der Waals surface area (Å²) in [7, 11) is 3.14. The highest BCUT2D eigenvalue weighted by Gasteiger charge is 2.16. The molecule has 0 radical (unpaired) electrons. The first kappa shape index (κ1) is 15.9. The Labute approximate surface area is 102 Å². The molecule has 1 atom stereocenters. The van der Waals surface area contributed by atoms with Gasteiger partial charge in [0.2, 0.25) is 11.8 Å². The van der Waals surface area contributed by atoms with Gasteiger partial charge in [0.25, 0.3) is 0 Å². The maximum absolute atomic E-state index is 11.5. The second kappa shape index (κ2) is 10.0. The Bertz CT molecular complexity index is 234. The van der Waals surface area contributed by atoms with E-state index in [2.05, 4.69) is 10.6 Å². The van der Waals surface area contributed by atoms with E-state index in [1.807, 2.05) is 0 Å². The number of hydrogen-bond donors (Lipinski definition) is 2. The minimum absolute atomic E-state index is 0.135. The standard InChI is InChI=1S/C11H22N2O4/c1-9(11(15)13-5-7-17-3)8-10(14)12-4-6-16-2/h9H,4-8H2,1-3H3,(H,12,14)(H,13,15). The van der Waals surface area contributed by atoms with Crippen molar-refractivity contribution in [3.8, 4) is 0 Å². The second-order valence-corrected chi connectivity index (χ2v) is 3.73. The third-order valence-corrected chi connectivity index (χ3v) is 2.17. The van der Waals surface area contributed by atoms with Crippen molar-refractivity contribution in [3.63, 3.8) is 0 Å². The zero-order valence-corrected chi connectivity index (χ0v) is 10.7. The average molecular weight is 246 g/mol. The van der Waals surface area contributed by atoms with Crippen LogP contribution < -0.4 is 10.6 Å². The number of ether oxygens (including phenoxy) is 2. The van der Waals surface area contributed by atoms with Crippen LogP contribution in [0.25, 0.3) is 0 Å². The van der Waals surface area contributed by atoms with Crippen LogP contribution in [0.5, 0.6) is 0 Å². The topological polar surface area (TPSA) is 76.7 Å². The molecule has 0 aliphatic rings. The second-order valence-electron chi connectivity index (χ2n) is 3.73. The molecule has 0 bridgehead atoms. The number of amides is 2. The van der Waals surface area contributed by atoms with Crippen LogP contribution in [0.4, 0.5) is 0 Å². The number of carbonyl (C=O) groups excluding carboxylic acids is 2. The van der Waals surface area contributed by atoms with E-state index in [4.69, 9.17) is 9.47 Å². The van der Waals surface area contributed by atoms with Gasteiger partial charge in [0.05, 0.1) is 13.2 Å². The van der Waals surface area contributed by atoms with Crippen molar-refractivity contribution >= 4 is 11.8 Å². The van der Waals surface area contributed by atoms with Crippen LogP contribution in [0.15, 0.2) is 0 Å². The normalized spacial score (nSPS) is 11.9. The molecule has 0 aromatic carbocycles. The third kappa shape index (κ3) is 8.65. The lowest BCUT2D eigenvalue weighted by Crippen LogP contribution is -2.35. The minimum atomic E-state index is -0.339. The van der Waals surface area contributed by atoms with E-state index >= 15 is 0 Å². The highest BCUT2D eigenvalue weighted by molar-refractivity contribution is 5.85. The fraction of sp³-hybridized carbons (Fsp3) is 0.818. The number of carbonyl (C=O) groups is 2. The summed E-state index contributed by atoms with van der Waals surface area (Å²) < 4.78 is 9.61. The predicted molar refractivity (Wildman–Crippen MR) is 63.6 cm³/mol. The molecule has 0 aliphatic carbocycles. The lowest BCUT2D eigenvalue weighted by molar-refractivity contribution is -0.129. The molecule has 100 valence electrons. The van der Waals surface area contributed by atoms with Gasteiger partial charge in [0.15, 0.2) is 0 Å². The summed E-state index contributed by atoms with van der Waals surface area (Å²) in [5.41, 5.74) is 0. The van der Waals surface area contributed by atoms with Crippen molar-refractivity contribution in [1.82, 2.24) is 10.6 Å². The van der Waals surface area contributed by atoms with Gasteiger partial charge in [-0.3, -0.25) is 9.59 Å². The summed E-state index contributed by atoms with van der Waals surface area (Å²) in [6.45, 7) is 3.59. The summed E-state index contributed by atoms with van der Waals surface area (Å²) in [5.74, 6) is -0.616. The van der Waals surface area contributed by atoms with Crippen molar-refractivity contribution in [2.45, 2.75) is 13.3 Å². The molecule has 0 rings (SSSR count). The number of nitrogens with one attached hydrogen (secondary N) is 2. The summed E-state index contributed by atoms with van der Waals surface area (Å²) in [6, 6.07) is 0. The fourth-order valence-electron chi connectivity index (χ4n) is 1.19. The van der Waals surface area contributed by atoms with Crippen molar-refractivity contribution in [2.75, 3.05) is 40.5 Å². The number of hydrogen-bond acceptors (Lipinski definition) is 4. The third-order valence-electron chi connectivity index (χ3n) is 2.17. The molecular weight excluding hydrogens is 224 g/mol. The summed E-state index contributed by atoms with van der Waals surface area (Å²) in [5, 5.41) is 5.36. The molecule has 0 spiro atoms. The number of rotatable bonds is 9. The van der Waals surface area contributed by atoms with Gasteiger partial charge in [-0.25, -0.2) is 0 Å². The van der Waals surface area contributed by atoms with Crippen molar-refractivity contribution in [1.29, 1.82) is 0 Å². The van der Waals surface area contributed by atoms with Crippen LogP contribution in [0, 0.1) is 5.92 Å². The summed E-state index contributed by atoms with van der Waals surface area (Å²) in [4.78, 5) is 22.9. The van der Waals surface area contributed by atoms with Gasteiger partial charge in [0, 0.05) is 39.6 Å². The molecule has 0 aromatic heterocycles. The highest BCUT2D eigenvalue weighted by Crippen LogP contribution is 2.01. The largest absolute Gasteiger partial charge is 0.383 e. The van der Waals surface area contributed by atoms with Crippen molar-refractivity contribution in [3.05, 3.63) is 0 Å². The molecule has 0 heterocycles. The number of methoxy groups -OCH3 is 2. The Morgan fingerprint density at radius 2 is 1.59 bits per heavy atom. The molecule has 0 aromatic rings. The lowest BCUT2D eigenvalue weighted by atomic mass is 10.1. The molecule has 2 N–H and O–H groups in total. The Kier molecular flexibility index (Phi) is 9.37. The fourth-order valence-corrected chi connectivity index (χ4v) is 1.19. The molecule has 0 aliphatic heterocycles. The Hall–Kier alpha value is -1.14. The quantitative estimate of drug-likeness (QED) is 0.540. The van der Waals surface area contributed by atoms with Crippen molar-refractivity contribution < 1.29 is 19.1 Å². The first-order valence-corrected chi connectivity index (χ1v) is 5.64. The molecule has 0 fully saturated rings. The van der Waals surface area contributed by atoms with E-state index in [0.717, 1.165) is 0 Å². The van der Waals surface area contributed by atoms with Crippen LogP contribution in [-0.4, -0.2) is 52.3 Å². The van der Waals surface area contributed by atoms with E-state index < -0.39 is 0 Å². The van der Waals surface area contributed by atoms with Crippen LogP contribution in [0.1, 0.15) is 13.3 Å². The molecule has 1 unspecified atom stereocenters. The molecule has 17 heavy (non-hydrogen) atoms. The van der Waals surface area contributed by atoms with Crippen LogP contribution >= 0.6 is 0 Å². The monoisotopic (exact) mass is 246 g/mol. The van der Waals surface area contributed by atoms with Gasteiger partial charge in [-0.2, -0.15) is 0 Å². The highest BCUT2D eigenvalue weighted by atomic mass is 16.5. The maximum Gasteiger partial charge on any atom is 0.223 e. The Morgan fingerprint density at radius 3 is 2.12 bits per heavy atom. The van der Waals surface area contributed by atoms with E-state index in [0.29, 0.717) is 26.3 Å². The van der Waals surface area contributed by atoms with E-state index in [9.17, 15) is 9.59 Å². The molecule has 0 saturated carbocycles. The maximum atomic E-state index is 11.5. The van der Waals surface area contributed by atoms with Gasteiger partial charge in [0.1, 0.15) is 0 Å². The summed E-state index contributed by atoms with van der Waals surface area (Å²) >= 11 is 0. The van der Waals surface area contributed by atoms with E-state index in [1.165, 1.54) is 0 Å². The molecule has 6 nitrogen and oxygen atoms in total. The van der Waals surface area contributed by atoms with Crippen LogP contribution in [0.2, 0.25) is 0 Å². The first-order chi connectivity index (χ1) is 8.11. The molecule has 6 heteroatoms. The lowest BCUT2D eigenvalue weighted by Gasteiger charge is -2.11. The zero-order chi connectivity index (χ0) is 13.1. The SMILES string of the molecule is COCCNC(=O)CC(C)C(=O)NCCOC. The molecule has 0 saturated heterocycles. The van der Waals surface area contributed by atoms with Crippen LogP contribution in [0.3, 0.4) is 0 Å². The Balaban J connectivity index is 3.71. The van der Waals surface area contributed by atoms with Gasteiger partial charge in [-0.1, -0.05) is 6.92 Å². The van der Waals surface area contributed by atoms with E-state index in [-0.39, 0.29) is 24.2 Å². The molecule has 2 amide bonds. The predicted octanol–water partition coefficient (Wildman–Crippen LogP) is -0.462.